The maximum atomic E-state index is 13.8. The first kappa shape index (κ1) is 24.2. The van der Waals surface area contributed by atoms with Gasteiger partial charge >= 0.3 is 0 Å². The Morgan fingerprint density at radius 2 is 2.00 bits per heavy atom. The third-order valence-electron chi connectivity index (χ3n) is 7.64. The number of rotatable bonds is 6. The molecule has 192 valence electrons. The monoisotopic (exact) mass is 568 g/mol. The number of sulfonamides is 2. The van der Waals surface area contributed by atoms with Gasteiger partial charge in [0.2, 0.25) is 15.9 Å². The number of anilines is 1. The van der Waals surface area contributed by atoms with Gasteiger partial charge in [0.15, 0.2) is 11.7 Å². The lowest BCUT2D eigenvalue weighted by atomic mass is 9.73. The normalized spacial score (nSPS) is 30.6. The van der Waals surface area contributed by atoms with Gasteiger partial charge in [0.25, 0.3) is 10.0 Å². The summed E-state index contributed by atoms with van der Waals surface area (Å²) in [5.74, 6) is -1.99. The first-order chi connectivity index (χ1) is 17.0. The van der Waals surface area contributed by atoms with E-state index in [4.69, 9.17) is 0 Å². The van der Waals surface area contributed by atoms with Crippen LogP contribution in [0.5, 0.6) is 0 Å². The Balaban J connectivity index is 1.36. The average Bonchev–Trinajstić information content (AvgIpc) is 3.58. The van der Waals surface area contributed by atoms with Crippen LogP contribution < -0.4 is 10.0 Å². The molecule has 2 N–H and O–H groups in total. The smallest absolute Gasteiger partial charge is 0.287 e. The van der Waals surface area contributed by atoms with Crippen molar-refractivity contribution in [3.63, 3.8) is 0 Å². The first-order valence-electron chi connectivity index (χ1n) is 11.6. The van der Waals surface area contributed by atoms with E-state index in [1.54, 1.807) is 4.90 Å². The molecule has 2 aromatic heterocycles. The van der Waals surface area contributed by atoms with Crippen molar-refractivity contribution < 1.29 is 26.4 Å². The summed E-state index contributed by atoms with van der Waals surface area (Å²) in [5.41, 5.74) is 1.24. The van der Waals surface area contributed by atoms with Gasteiger partial charge in [-0.15, -0.1) is 15.7 Å². The van der Waals surface area contributed by atoms with Gasteiger partial charge in [-0.2, -0.15) is 19.8 Å². The fourth-order valence-electron chi connectivity index (χ4n) is 6.27. The van der Waals surface area contributed by atoms with Crippen LogP contribution in [0.4, 0.5) is 5.00 Å². The summed E-state index contributed by atoms with van der Waals surface area (Å²) in [5, 5.41) is 8.63. The van der Waals surface area contributed by atoms with Crippen molar-refractivity contribution in [2.75, 3.05) is 11.6 Å². The number of carbonyl (C=O) groups excluding carboxylic acids is 2. The van der Waals surface area contributed by atoms with Crippen molar-refractivity contribution in [3.05, 3.63) is 33.3 Å². The number of hydrogen-bond donors (Lipinski definition) is 2. The van der Waals surface area contributed by atoms with Crippen molar-refractivity contribution in [1.82, 2.24) is 9.62 Å². The molecule has 2 aliphatic heterocycles. The highest BCUT2D eigenvalue weighted by Gasteiger charge is 2.60. The molecular weight excluding hydrogens is 545 g/mol. The molecule has 0 radical (unpaired) electrons. The lowest BCUT2D eigenvalue weighted by Crippen LogP contribution is -2.61. The highest BCUT2D eigenvalue weighted by atomic mass is 32.2. The molecule has 14 heteroatoms. The van der Waals surface area contributed by atoms with Gasteiger partial charge in [-0.25, -0.2) is 13.1 Å². The van der Waals surface area contributed by atoms with E-state index in [1.807, 2.05) is 16.8 Å². The fraction of sp³-hybridized carbons (Fsp3) is 0.500. The molecule has 36 heavy (non-hydrogen) atoms. The van der Waals surface area contributed by atoms with E-state index in [9.17, 15) is 26.4 Å². The second-order valence-electron chi connectivity index (χ2n) is 9.87. The summed E-state index contributed by atoms with van der Waals surface area (Å²) >= 11 is 2.61. The fourth-order valence-corrected chi connectivity index (χ4v) is 10.00. The van der Waals surface area contributed by atoms with Crippen LogP contribution in [0.15, 0.2) is 31.5 Å². The van der Waals surface area contributed by atoms with Crippen molar-refractivity contribution in [2.45, 2.75) is 43.3 Å². The summed E-state index contributed by atoms with van der Waals surface area (Å²) in [4.78, 5) is 29.3. The molecule has 4 aliphatic rings. The van der Waals surface area contributed by atoms with Gasteiger partial charge in [-0.05, 0) is 58.9 Å². The van der Waals surface area contributed by atoms with Crippen LogP contribution in [0, 0.1) is 23.7 Å². The van der Waals surface area contributed by atoms with Crippen molar-refractivity contribution in [1.29, 1.82) is 0 Å². The number of amides is 1. The predicted molar refractivity (Wildman–Crippen MR) is 136 cm³/mol. The number of Topliss-reactive ketones (excluding diaryl/α,β-unsaturated/α-hetero) is 1. The molecule has 10 nitrogen and oxygen atoms in total. The van der Waals surface area contributed by atoms with Gasteiger partial charge in [0, 0.05) is 30.6 Å². The molecule has 1 amide bonds. The molecule has 2 bridgehead atoms. The summed E-state index contributed by atoms with van der Waals surface area (Å²) in [6, 6.07) is 1.79. The van der Waals surface area contributed by atoms with E-state index in [0.717, 1.165) is 42.4 Å². The van der Waals surface area contributed by atoms with Gasteiger partial charge in [-0.3, -0.25) is 9.59 Å². The number of nitrogens with zero attached hydrogens (tertiary/aromatic N) is 2. The average molecular weight is 569 g/mol. The number of amidine groups is 1. The third kappa shape index (κ3) is 3.93. The molecule has 2 unspecified atom stereocenters. The first-order valence-corrected chi connectivity index (χ1v) is 16.7. The van der Waals surface area contributed by atoms with Gasteiger partial charge < -0.3 is 10.2 Å². The van der Waals surface area contributed by atoms with Crippen LogP contribution in [-0.2, 0) is 42.7 Å². The number of nitrogens with one attached hydrogen (secondary N) is 2. The third-order valence-corrected chi connectivity index (χ3v) is 11.5. The Labute approximate surface area is 216 Å². The summed E-state index contributed by atoms with van der Waals surface area (Å²) in [6.45, 7) is 0.168. The Hall–Kier alpha value is -2.13. The second-order valence-corrected chi connectivity index (χ2v) is 14.9. The van der Waals surface area contributed by atoms with Gasteiger partial charge in [0.05, 0.1) is 6.26 Å². The molecule has 1 saturated heterocycles. The van der Waals surface area contributed by atoms with E-state index in [1.165, 1.54) is 16.7 Å². The van der Waals surface area contributed by atoms with E-state index in [2.05, 4.69) is 14.4 Å². The maximum absolute atomic E-state index is 13.8. The molecule has 6 rings (SSSR count). The lowest BCUT2D eigenvalue weighted by molar-refractivity contribution is -0.153. The summed E-state index contributed by atoms with van der Waals surface area (Å²) in [6.07, 6.45) is 3.83. The van der Waals surface area contributed by atoms with Crippen LogP contribution in [0.1, 0.15) is 30.4 Å². The zero-order valence-corrected chi connectivity index (χ0v) is 22.5. The summed E-state index contributed by atoms with van der Waals surface area (Å²) < 4.78 is 55.6. The number of ketones is 1. The lowest BCUT2D eigenvalue weighted by Gasteiger charge is -2.45. The number of piperidine rings is 1. The number of fused-ring (bicyclic) bond motifs is 6. The van der Waals surface area contributed by atoms with Crippen molar-refractivity contribution in [3.8, 4) is 0 Å². The molecule has 0 spiro atoms. The van der Waals surface area contributed by atoms with Crippen LogP contribution in [0.2, 0.25) is 0 Å². The van der Waals surface area contributed by atoms with Crippen molar-refractivity contribution in [2.24, 2.45) is 28.1 Å². The molecule has 2 saturated carbocycles. The number of hydrogen-bond acceptors (Lipinski definition) is 9. The molecule has 4 heterocycles. The van der Waals surface area contributed by atoms with Crippen LogP contribution in [0.25, 0.3) is 0 Å². The number of carbonyl (C=O) groups is 2. The Bertz CT molecular complexity index is 1490. The van der Waals surface area contributed by atoms with E-state index >= 15 is 0 Å². The zero-order chi connectivity index (χ0) is 25.4. The van der Waals surface area contributed by atoms with Crippen LogP contribution in [0.3, 0.4) is 0 Å². The molecular formula is C22H24N4O6S4. The summed E-state index contributed by atoms with van der Waals surface area (Å²) in [7, 11) is -7.80. The molecule has 2 aliphatic carbocycles. The highest BCUT2D eigenvalue weighted by Crippen LogP contribution is 2.54. The Morgan fingerprint density at radius 1 is 1.22 bits per heavy atom. The minimum atomic E-state index is -4.26. The minimum Gasteiger partial charge on any atom is -0.333 e. The number of thiophene rings is 2. The predicted octanol–water partition coefficient (Wildman–Crippen LogP) is 2.01. The Morgan fingerprint density at radius 3 is 2.72 bits per heavy atom. The molecule has 0 aromatic carbocycles. The topological polar surface area (TPSA) is 142 Å². The largest absolute Gasteiger partial charge is 0.333 e. The molecule has 3 fully saturated rings. The quantitative estimate of drug-likeness (QED) is 0.508. The maximum Gasteiger partial charge on any atom is 0.287 e. The van der Waals surface area contributed by atoms with E-state index in [-0.39, 0.29) is 57.4 Å². The van der Waals surface area contributed by atoms with Gasteiger partial charge in [-0.1, -0.05) is 0 Å². The minimum absolute atomic E-state index is 0.129. The van der Waals surface area contributed by atoms with Crippen LogP contribution >= 0.6 is 22.7 Å². The standard InChI is InChI=1S/C22H24N4O6S4/c1-35(29,30)23-7-14-10-34-21-19(14)36(31,32)25-20(24-21)16-18(27)15-12-2-3-13(6-12)17(15)26(22(16)28)8-11-4-5-33-9-11/h4-5,9-10,12-13,15-17,23H,2-3,6-8H2,1H3,(H,24,25)/t12-,13+,15?,16?,17-/m0/s1. The van der Waals surface area contributed by atoms with Gasteiger partial charge in [0.1, 0.15) is 15.7 Å². The molecule has 5 atom stereocenters. The van der Waals surface area contributed by atoms with Crippen molar-refractivity contribution >= 4 is 65.2 Å². The molecule has 2 aromatic rings. The van der Waals surface area contributed by atoms with Crippen LogP contribution in [-0.4, -0.2) is 51.6 Å². The zero-order valence-electron chi connectivity index (χ0n) is 19.2. The Kier molecular flexibility index (Phi) is 5.68. The van der Waals surface area contributed by atoms with E-state index < -0.39 is 31.9 Å². The second kappa shape index (κ2) is 8.45. The number of likely N-dealkylation sites (tertiary alicyclic amines) is 1. The SMILES string of the molecule is CS(=O)(=O)NCc1csc2c1S(=O)(=O)N=C(C1C(=O)C3[C@H]4CC[C@H](C4)[C@@H]3N(Cc3ccsc3)C1=O)N2. The highest BCUT2D eigenvalue weighted by molar-refractivity contribution is 7.91. The van der Waals surface area contributed by atoms with E-state index in [0.29, 0.717) is 6.54 Å².